The van der Waals surface area contributed by atoms with Gasteiger partial charge < -0.3 is 4.90 Å². The first-order chi connectivity index (χ1) is 15.9. The van der Waals surface area contributed by atoms with E-state index in [4.69, 9.17) is 4.98 Å². The van der Waals surface area contributed by atoms with Crippen LogP contribution < -0.4 is 0 Å². The number of para-hydroxylation sites is 2. The summed E-state index contributed by atoms with van der Waals surface area (Å²) < 4.78 is 26.4. The number of carbonyl (C=O) groups excluding carboxylic acids is 1. The van der Waals surface area contributed by atoms with Gasteiger partial charge in [-0.3, -0.25) is 9.36 Å². The standard InChI is InChI=1S/C25H29N3O3S2/c1-18-7-6-10-20(15-18)28-23-12-5-4-11-22(23)26-25(28)32-16-24(29)27(19-8-2-3-9-19)21-13-14-33(30,31)17-21/h4-7,10-12,15,19,21H,2-3,8-9,13-14,16-17H2,1H3. The largest absolute Gasteiger partial charge is 0.335 e. The summed E-state index contributed by atoms with van der Waals surface area (Å²) in [6.07, 6.45) is 4.69. The first-order valence-electron chi connectivity index (χ1n) is 11.6. The molecule has 0 spiro atoms. The molecule has 2 aliphatic rings. The van der Waals surface area contributed by atoms with Gasteiger partial charge in [-0.1, -0.05) is 48.9 Å². The van der Waals surface area contributed by atoms with E-state index in [1.54, 1.807) is 0 Å². The molecule has 5 rings (SSSR count). The van der Waals surface area contributed by atoms with E-state index in [0.717, 1.165) is 53.1 Å². The van der Waals surface area contributed by atoms with Crippen molar-refractivity contribution in [3.8, 4) is 5.69 Å². The van der Waals surface area contributed by atoms with Crippen LogP contribution in [0.1, 0.15) is 37.7 Å². The van der Waals surface area contributed by atoms with Crippen molar-refractivity contribution >= 4 is 38.5 Å². The van der Waals surface area contributed by atoms with Crippen LogP contribution >= 0.6 is 11.8 Å². The zero-order chi connectivity index (χ0) is 23.0. The Kier molecular flexibility index (Phi) is 6.22. The molecule has 1 saturated heterocycles. The summed E-state index contributed by atoms with van der Waals surface area (Å²) in [5, 5.41) is 0.778. The van der Waals surface area contributed by atoms with Gasteiger partial charge in [0.15, 0.2) is 15.0 Å². The third-order valence-electron chi connectivity index (χ3n) is 6.72. The molecule has 1 atom stereocenters. The van der Waals surface area contributed by atoms with Gasteiger partial charge in [-0.2, -0.15) is 0 Å². The number of thioether (sulfide) groups is 1. The Labute approximate surface area is 199 Å². The van der Waals surface area contributed by atoms with Gasteiger partial charge in [0.05, 0.1) is 28.3 Å². The summed E-state index contributed by atoms with van der Waals surface area (Å²) >= 11 is 1.44. The third-order valence-corrected chi connectivity index (χ3v) is 9.40. The number of hydrogen-bond acceptors (Lipinski definition) is 5. The van der Waals surface area contributed by atoms with Gasteiger partial charge in [-0.15, -0.1) is 0 Å². The van der Waals surface area contributed by atoms with E-state index in [9.17, 15) is 13.2 Å². The average Bonchev–Trinajstić information content (AvgIpc) is 3.51. The van der Waals surface area contributed by atoms with Crippen LogP contribution in [-0.4, -0.2) is 58.1 Å². The van der Waals surface area contributed by atoms with E-state index in [2.05, 4.69) is 29.7 Å². The highest BCUT2D eigenvalue weighted by molar-refractivity contribution is 7.99. The number of aryl methyl sites for hydroxylation is 1. The van der Waals surface area contributed by atoms with Crippen LogP contribution in [0, 0.1) is 6.92 Å². The van der Waals surface area contributed by atoms with E-state index >= 15 is 0 Å². The Balaban J connectivity index is 1.43. The minimum Gasteiger partial charge on any atom is -0.335 e. The number of imidazole rings is 1. The quantitative estimate of drug-likeness (QED) is 0.487. The zero-order valence-corrected chi connectivity index (χ0v) is 20.4. The van der Waals surface area contributed by atoms with Crippen molar-refractivity contribution in [1.82, 2.24) is 14.5 Å². The summed E-state index contributed by atoms with van der Waals surface area (Å²) in [6, 6.07) is 16.2. The molecule has 0 bridgehead atoms. The molecule has 3 aromatic rings. The van der Waals surface area contributed by atoms with E-state index in [-0.39, 0.29) is 35.2 Å². The Morgan fingerprint density at radius 2 is 1.88 bits per heavy atom. The van der Waals surface area contributed by atoms with Crippen molar-refractivity contribution in [2.75, 3.05) is 17.3 Å². The molecule has 2 fully saturated rings. The first-order valence-corrected chi connectivity index (χ1v) is 14.4. The maximum absolute atomic E-state index is 13.5. The number of rotatable bonds is 6. The van der Waals surface area contributed by atoms with E-state index < -0.39 is 9.84 Å². The monoisotopic (exact) mass is 483 g/mol. The Hall–Kier alpha value is -2.32. The van der Waals surface area contributed by atoms with Crippen LogP contribution in [0.2, 0.25) is 0 Å². The van der Waals surface area contributed by atoms with Crippen LogP contribution in [-0.2, 0) is 14.6 Å². The van der Waals surface area contributed by atoms with Crippen molar-refractivity contribution in [1.29, 1.82) is 0 Å². The fourth-order valence-corrected chi connectivity index (χ4v) is 7.81. The molecule has 2 aromatic carbocycles. The number of carbonyl (C=O) groups is 1. The topological polar surface area (TPSA) is 72.3 Å². The van der Waals surface area contributed by atoms with Crippen LogP contribution in [0.25, 0.3) is 16.7 Å². The van der Waals surface area contributed by atoms with Crippen molar-refractivity contribution in [2.24, 2.45) is 0 Å². The second-order valence-corrected chi connectivity index (χ2v) is 12.3. The number of amides is 1. The molecule has 0 radical (unpaired) electrons. The fourth-order valence-electron chi connectivity index (χ4n) is 5.20. The van der Waals surface area contributed by atoms with Gasteiger partial charge in [0, 0.05) is 17.8 Å². The summed E-state index contributed by atoms with van der Waals surface area (Å²) in [6.45, 7) is 2.06. The molecule has 2 heterocycles. The highest BCUT2D eigenvalue weighted by Gasteiger charge is 2.39. The summed E-state index contributed by atoms with van der Waals surface area (Å²) in [5.41, 5.74) is 4.08. The minimum atomic E-state index is -3.05. The van der Waals surface area contributed by atoms with Gasteiger partial charge in [0.2, 0.25) is 5.91 Å². The lowest BCUT2D eigenvalue weighted by molar-refractivity contribution is -0.132. The number of benzene rings is 2. The molecule has 1 unspecified atom stereocenters. The smallest absolute Gasteiger partial charge is 0.233 e. The molecule has 33 heavy (non-hydrogen) atoms. The number of sulfone groups is 1. The molecular formula is C25H29N3O3S2. The predicted octanol–water partition coefficient (Wildman–Crippen LogP) is 4.38. The van der Waals surface area contributed by atoms with Gasteiger partial charge in [0.1, 0.15) is 0 Å². The third kappa shape index (κ3) is 4.68. The summed E-state index contributed by atoms with van der Waals surface area (Å²) in [4.78, 5) is 20.2. The maximum Gasteiger partial charge on any atom is 0.233 e. The van der Waals surface area contributed by atoms with Gasteiger partial charge in [-0.25, -0.2) is 13.4 Å². The number of fused-ring (bicyclic) bond motifs is 1. The second-order valence-electron chi connectivity index (χ2n) is 9.14. The maximum atomic E-state index is 13.5. The lowest BCUT2D eigenvalue weighted by Gasteiger charge is -2.34. The summed E-state index contributed by atoms with van der Waals surface area (Å²) in [7, 11) is -3.05. The van der Waals surface area contributed by atoms with Gasteiger partial charge in [0.25, 0.3) is 0 Å². The molecule has 1 aromatic heterocycles. The number of aromatic nitrogens is 2. The lowest BCUT2D eigenvalue weighted by Crippen LogP contribution is -2.47. The molecule has 1 amide bonds. The first kappa shape index (κ1) is 22.5. The Morgan fingerprint density at radius 3 is 2.61 bits per heavy atom. The molecule has 6 nitrogen and oxygen atoms in total. The van der Waals surface area contributed by atoms with Crippen LogP contribution in [0.4, 0.5) is 0 Å². The normalized spacial score (nSPS) is 20.5. The average molecular weight is 484 g/mol. The van der Waals surface area contributed by atoms with Crippen molar-refractivity contribution in [2.45, 2.75) is 56.3 Å². The minimum absolute atomic E-state index is 0.0249. The molecule has 174 valence electrons. The highest BCUT2D eigenvalue weighted by Crippen LogP contribution is 2.32. The van der Waals surface area contributed by atoms with E-state index in [0.29, 0.717) is 6.42 Å². The Morgan fingerprint density at radius 1 is 1.09 bits per heavy atom. The van der Waals surface area contributed by atoms with Crippen molar-refractivity contribution < 1.29 is 13.2 Å². The zero-order valence-electron chi connectivity index (χ0n) is 18.8. The van der Waals surface area contributed by atoms with Crippen molar-refractivity contribution in [3.63, 3.8) is 0 Å². The SMILES string of the molecule is Cc1cccc(-n2c(SCC(=O)N(C3CCCC3)C3CCS(=O)(=O)C3)nc3ccccc32)c1. The number of nitrogens with zero attached hydrogens (tertiary/aromatic N) is 3. The summed E-state index contributed by atoms with van der Waals surface area (Å²) in [5.74, 6) is 0.561. The molecule has 1 saturated carbocycles. The van der Waals surface area contributed by atoms with E-state index in [1.165, 1.54) is 11.8 Å². The molecule has 1 aliphatic carbocycles. The van der Waals surface area contributed by atoms with Crippen molar-refractivity contribution in [3.05, 3.63) is 54.1 Å². The van der Waals surface area contributed by atoms with Gasteiger partial charge in [-0.05, 0) is 56.0 Å². The Bertz CT molecular complexity index is 1280. The fraction of sp³-hybridized carbons (Fsp3) is 0.440. The van der Waals surface area contributed by atoms with Crippen LogP contribution in [0.15, 0.2) is 53.7 Å². The molecule has 0 N–H and O–H groups in total. The van der Waals surface area contributed by atoms with Gasteiger partial charge >= 0.3 is 0 Å². The number of hydrogen-bond donors (Lipinski definition) is 0. The highest BCUT2D eigenvalue weighted by atomic mass is 32.2. The molecule has 8 heteroatoms. The van der Waals surface area contributed by atoms with E-state index in [1.807, 2.05) is 35.2 Å². The lowest BCUT2D eigenvalue weighted by atomic mass is 10.1. The predicted molar refractivity (Wildman–Crippen MR) is 133 cm³/mol. The van der Waals surface area contributed by atoms with Crippen LogP contribution in [0.5, 0.6) is 0 Å². The molecular weight excluding hydrogens is 454 g/mol. The molecule has 1 aliphatic heterocycles. The van der Waals surface area contributed by atoms with Crippen LogP contribution in [0.3, 0.4) is 0 Å². The second kappa shape index (κ2) is 9.14.